The lowest BCUT2D eigenvalue weighted by Crippen LogP contribution is -2.41. The molecule has 7 heteroatoms. The molecule has 4 rings (SSSR count). The van der Waals surface area contributed by atoms with Crippen LogP contribution in [-0.4, -0.2) is 67.3 Å². The lowest BCUT2D eigenvalue weighted by molar-refractivity contribution is -0.136. The van der Waals surface area contributed by atoms with Crippen LogP contribution in [-0.2, 0) is 20.7 Å². The number of hydrogen-bond acceptors (Lipinski definition) is 6. The number of anilines is 1. The van der Waals surface area contributed by atoms with Crippen molar-refractivity contribution in [1.29, 1.82) is 0 Å². The fourth-order valence-electron chi connectivity index (χ4n) is 5.11. The van der Waals surface area contributed by atoms with Crippen LogP contribution in [0, 0.1) is 12.8 Å². The van der Waals surface area contributed by atoms with Crippen molar-refractivity contribution in [2.75, 3.05) is 51.5 Å². The maximum Gasteiger partial charge on any atom is 0.225 e. The lowest BCUT2D eigenvalue weighted by Gasteiger charge is -2.38. The molecule has 1 atom stereocenters. The van der Waals surface area contributed by atoms with Gasteiger partial charge in [0.05, 0.1) is 19.1 Å². The van der Waals surface area contributed by atoms with Crippen LogP contribution in [0.2, 0.25) is 0 Å². The maximum atomic E-state index is 12.8. The minimum Gasteiger partial charge on any atom is -0.384 e. The molecule has 0 bridgehead atoms. The third-order valence-corrected chi connectivity index (χ3v) is 6.82. The maximum absolute atomic E-state index is 12.8. The number of rotatable bonds is 6. The summed E-state index contributed by atoms with van der Waals surface area (Å²) in [5.74, 6) is 2.77. The Morgan fingerprint density at radius 1 is 1.13 bits per heavy atom. The number of methoxy groups -OCH3 is 1. The van der Waals surface area contributed by atoms with E-state index in [9.17, 15) is 4.79 Å². The number of hydrogen-bond donors (Lipinski definition) is 0. The number of carbonyl (C=O) groups excluding carboxylic acids is 1. The zero-order valence-electron chi connectivity index (χ0n) is 18.6. The molecule has 30 heavy (non-hydrogen) atoms. The van der Waals surface area contributed by atoms with E-state index in [4.69, 9.17) is 19.4 Å². The Morgan fingerprint density at radius 2 is 1.97 bits per heavy atom. The second kappa shape index (κ2) is 10.1. The van der Waals surface area contributed by atoms with Crippen LogP contribution in [0.25, 0.3) is 0 Å². The molecule has 4 heterocycles. The molecule has 0 aromatic carbocycles. The van der Waals surface area contributed by atoms with Gasteiger partial charge in [0.1, 0.15) is 5.82 Å². The minimum absolute atomic E-state index is 0.0148. The highest BCUT2D eigenvalue weighted by atomic mass is 16.5. The SMILES string of the molecule is COCCC(=O)N1CCCC[C@H]1c1nc(C)c2c(n1)N(CC1CCOCC1)CCC2. The Balaban J connectivity index is 1.58. The normalized spacial score (nSPS) is 22.8. The average molecular weight is 417 g/mol. The first-order valence-corrected chi connectivity index (χ1v) is 11.7. The van der Waals surface area contributed by atoms with Crippen LogP contribution in [0.3, 0.4) is 0 Å². The van der Waals surface area contributed by atoms with Crippen LogP contribution >= 0.6 is 0 Å². The Bertz CT molecular complexity index is 735. The zero-order chi connectivity index (χ0) is 20.9. The summed E-state index contributed by atoms with van der Waals surface area (Å²) in [5, 5.41) is 0. The number of ether oxygens (including phenoxy) is 2. The van der Waals surface area contributed by atoms with Gasteiger partial charge in [-0.2, -0.15) is 0 Å². The summed E-state index contributed by atoms with van der Waals surface area (Å²) in [7, 11) is 1.64. The first-order chi connectivity index (χ1) is 14.7. The smallest absolute Gasteiger partial charge is 0.225 e. The molecule has 3 aliphatic heterocycles. The van der Waals surface area contributed by atoms with Crippen molar-refractivity contribution in [1.82, 2.24) is 14.9 Å². The fraction of sp³-hybridized carbons (Fsp3) is 0.783. The molecular formula is C23H36N4O3. The molecule has 1 amide bonds. The van der Waals surface area contributed by atoms with Crippen molar-refractivity contribution in [3.05, 3.63) is 17.1 Å². The summed E-state index contributed by atoms with van der Waals surface area (Å²) in [4.78, 5) is 27.3. The summed E-state index contributed by atoms with van der Waals surface area (Å²) < 4.78 is 10.7. The van der Waals surface area contributed by atoms with Crippen molar-refractivity contribution >= 4 is 11.7 Å². The van der Waals surface area contributed by atoms with E-state index >= 15 is 0 Å². The number of aromatic nitrogens is 2. The van der Waals surface area contributed by atoms with Crippen molar-refractivity contribution in [3.63, 3.8) is 0 Å². The number of aryl methyl sites for hydroxylation is 1. The van der Waals surface area contributed by atoms with E-state index in [1.807, 2.05) is 4.90 Å². The molecular weight excluding hydrogens is 380 g/mol. The molecule has 0 unspecified atom stereocenters. The van der Waals surface area contributed by atoms with Gasteiger partial charge in [-0.1, -0.05) is 0 Å². The molecule has 0 saturated carbocycles. The quantitative estimate of drug-likeness (QED) is 0.710. The molecule has 7 nitrogen and oxygen atoms in total. The molecule has 1 aromatic heterocycles. The first kappa shape index (κ1) is 21.5. The van der Waals surface area contributed by atoms with Gasteiger partial charge in [-0.05, 0) is 57.8 Å². The predicted molar refractivity (Wildman–Crippen MR) is 116 cm³/mol. The number of fused-ring (bicyclic) bond motifs is 1. The van der Waals surface area contributed by atoms with Gasteiger partial charge in [-0.15, -0.1) is 0 Å². The molecule has 166 valence electrons. The largest absolute Gasteiger partial charge is 0.384 e. The van der Waals surface area contributed by atoms with Crippen LogP contribution in [0.1, 0.15) is 68.1 Å². The van der Waals surface area contributed by atoms with E-state index in [1.54, 1.807) is 7.11 Å². The summed E-state index contributed by atoms with van der Waals surface area (Å²) in [6, 6.07) is -0.0148. The van der Waals surface area contributed by atoms with Gasteiger partial charge in [0.25, 0.3) is 0 Å². The molecule has 0 aliphatic carbocycles. The van der Waals surface area contributed by atoms with E-state index in [1.165, 1.54) is 5.56 Å². The molecule has 0 radical (unpaired) electrons. The summed E-state index contributed by atoms with van der Waals surface area (Å²) in [5.41, 5.74) is 2.38. The first-order valence-electron chi connectivity index (χ1n) is 11.7. The highest BCUT2D eigenvalue weighted by Gasteiger charge is 2.32. The average Bonchev–Trinajstić information content (AvgIpc) is 2.78. The number of piperidine rings is 1. The number of carbonyl (C=O) groups is 1. The van der Waals surface area contributed by atoms with Gasteiger partial charge in [0, 0.05) is 51.2 Å². The highest BCUT2D eigenvalue weighted by Crippen LogP contribution is 2.34. The minimum atomic E-state index is -0.0148. The summed E-state index contributed by atoms with van der Waals surface area (Å²) in [6.07, 6.45) is 8.00. The van der Waals surface area contributed by atoms with Crippen LogP contribution in [0.15, 0.2) is 0 Å². The fourth-order valence-corrected chi connectivity index (χ4v) is 5.11. The Hall–Kier alpha value is -1.73. The van der Waals surface area contributed by atoms with Crippen LogP contribution in [0.4, 0.5) is 5.82 Å². The number of amides is 1. The van der Waals surface area contributed by atoms with Gasteiger partial charge >= 0.3 is 0 Å². The van der Waals surface area contributed by atoms with Crippen LogP contribution in [0.5, 0.6) is 0 Å². The number of nitrogens with zero attached hydrogens (tertiary/aromatic N) is 4. The second-order valence-electron chi connectivity index (χ2n) is 8.92. The van der Waals surface area contributed by atoms with E-state index in [0.717, 1.165) is 95.1 Å². The van der Waals surface area contributed by atoms with Gasteiger partial charge in [-0.25, -0.2) is 9.97 Å². The molecule has 0 spiro atoms. The van der Waals surface area contributed by atoms with Gasteiger partial charge in [0.15, 0.2) is 5.82 Å². The van der Waals surface area contributed by atoms with E-state index in [0.29, 0.717) is 18.9 Å². The van der Waals surface area contributed by atoms with Crippen molar-refractivity contribution in [3.8, 4) is 0 Å². The second-order valence-corrected chi connectivity index (χ2v) is 8.92. The summed E-state index contributed by atoms with van der Waals surface area (Å²) in [6.45, 7) is 7.22. The number of likely N-dealkylation sites (tertiary alicyclic amines) is 1. The van der Waals surface area contributed by atoms with Gasteiger partial charge in [0.2, 0.25) is 5.91 Å². The standard InChI is InChI=1S/C23H36N4O3/c1-17-19-6-5-11-26(16-18-8-14-30-15-9-18)23(19)25-22(24-17)20-7-3-4-12-27(20)21(28)10-13-29-2/h18,20H,3-16H2,1-2H3/t20-/m0/s1. The third kappa shape index (κ3) is 4.78. The molecule has 2 fully saturated rings. The summed E-state index contributed by atoms with van der Waals surface area (Å²) >= 11 is 0. The van der Waals surface area contributed by atoms with Crippen molar-refractivity contribution in [2.45, 2.75) is 64.3 Å². The van der Waals surface area contributed by atoms with Crippen molar-refractivity contribution < 1.29 is 14.3 Å². The Labute approximate surface area is 180 Å². The van der Waals surface area contributed by atoms with E-state index in [2.05, 4.69) is 11.8 Å². The molecule has 2 saturated heterocycles. The predicted octanol–water partition coefficient (Wildman–Crippen LogP) is 3.05. The topological polar surface area (TPSA) is 67.8 Å². The van der Waals surface area contributed by atoms with Gasteiger partial charge < -0.3 is 19.3 Å². The lowest BCUT2D eigenvalue weighted by atomic mass is 9.96. The molecule has 0 N–H and O–H groups in total. The molecule has 1 aromatic rings. The Kier molecular flexibility index (Phi) is 7.20. The van der Waals surface area contributed by atoms with Gasteiger partial charge in [-0.3, -0.25) is 4.79 Å². The highest BCUT2D eigenvalue weighted by molar-refractivity contribution is 5.76. The van der Waals surface area contributed by atoms with E-state index < -0.39 is 0 Å². The Morgan fingerprint density at radius 3 is 2.77 bits per heavy atom. The third-order valence-electron chi connectivity index (χ3n) is 6.82. The van der Waals surface area contributed by atoms with Crippen molar-refractivity contribution in [2.24, 2.45) is 5.92 Å². The monoisotopic (exact) mass is 416 g/mol. The molecule has 3 aliphatic rings. The van der Waals surface area contributed by atoms with E-state index in [-0.39, 0.29) is 11.9 Å². The van der Waals surface area contributed by atoms with Crippen LogP contribution < -0.4 is 4.90 Å². The zero-order valence-corrected chi connectivity index (χ0v) is 18.6.